The van der Waals surface area contributed by atoms with Gasteiger partial charge >= 0.3 is 0 Å². The molecule has 0 bridgehead atoms. The monoisotopic (exact) mass is 178 g/mol. The van der Waals surface area contributed by atoms with Crippen LogP contribution in [0.4, 0.5) is 4.39 Å². The first kappa shape index (κ1) is 7.91. The Morgan fingerprint density at radius 1 is 1.54 bits per heavy atom. The lowest BCUT2D eigenvalue weighted by atomic mass is 10.4. The van der Waals surface area contributed by atoms with Crippen molar-refractivity contribution in [3.05, 3.63) is 35.5 Å². The molecule has 4 heteroatoms. The second-order valence-corrected chi connectivity index (χ2v) is 2.78. The summed E-state index contributed by atoms with van der Waals surface area (Å²) in [5.74, 6) is -0.381. The van der Waals surface area contributed by atoms with Crippen LogP contribution >= 0.6 is 0 Å². The number of hydrogen-bond donors (Lipinski definition) is 0. The fraction of sp³-hybridized carbons (Fsp3) is 0.111. The highest BCUT2D eigenvalue weighted by Gasteiger charge is 2.07. The molecule has 0 saturated heterocycles. The number of carbonyl (C=O) groups is 1. The molecule has 2 heterocycles. The second-order valence-electron chi connectivity index (χ2n) is 2.78. The standard InChI is InChI=1S/C9H7FN2O/c1-6-8(5-13)12-4-7(10)2-3-9(12)11-6/h2-5H,1H3. The van der Waals surface area contributed by atoms with E-state index in [1.165, 1.54) is 22.7 Å². The minimum atomic E-state index is -0.381. The minimum Gasteiger partial charge on any atom is -0.296 e. The first-order valence-electron chi connectivity index (χ1n) is 3.82. The molecule has 0 aliphatic carbocycles. The van der Waals surface area contributed by atoms with Crippen molar-refractivity contribution < 1.29 is 9.18 Å². The Hall–Kier alpha value is -1.71. The second kappa shape index (κ2) is 2.65. The zero-order valence-corrected chi connectivity index (χ0v) is 6.99. The fourth-order valence-corrected chi connectivity index (χ4v) is 1.30. The molecule has 13 heavy (non-hydrogen) atoms. The Labute approximate surface area is 73.8 Å². The van der Waals surface area contributed by atoms with E-state index in [1.54, 1.807) is 6.92 Å². The van der Waals surface area contributed by atoms with E-state index in [9.17, 15) is 9.18 Å². The molecule has 3 nitrogen and oxygen atoms in total. The van der Waals surface area contributed by atoms with Crippen LogP contribution in [0.25, 0.3) is 5.65 Å². The first-order chi connectivity index (χ1) is 6.22. The van der Waals surface area contributed by atoms with E-state index in [1.807, 2.05) is 0 Å². The van der Waals surface area contributed by atoms with Crippen LogP contribution in [0.1, 0.15) is 16.2 Å². The molecule has 2 aromatic rings. The van der Waals surface area contributed by atoms with Crippen LogP contribution in [0, 0.1) is 12.7 Å². The summed E-state index contributed by atoms with van der Waals surface area (Å²) in [6, 6.07) is 2.85. The molecule has 0 aliphatic heterocycles. The summed E-state index contributed by atoms with van der Waals surface area (Å²) in [7, 11) is 0. The van der Waals surface area contributed by atoms with E-state index in [0.717, 1.165) is 0 Å². The van der Waals surface area contributed by atoms with Crippen molar-refractivity contribution in [2.24, 2.45) is 0 Å². The Morgan fingerprint density at radius 3 is 3.00 bits per heavy atom. The number of fused-ring (bicyclic) bond motifs is 1. The number of aromatic nitrogens is 2. The van der Waals surface area contributed by atoms with Crippen LogP contribution in [0.15, 0.2) is 18.3 Å². The molecule has 0 saturated carbocycles. The van der Waals surface area contributed by atoms with Gasteiger partial charge in [0.05, 0.1) is 5.69 Å². The number of aldehydes is 1. The van der Waals surface area contributed by atoms with Crippen LogP contribution in [0.5, 0.6) is 0 Å². The van der Waals surface area contributed by atoms with Crippen molar-refractivity contribution in [1.82, 2.24) is 9.38 Å². The topological polar surface area (TPSA) is 34.4 Å². The summed E-state index contributed by atoms with van der Waals surface area (Å²) in [6.45, 7) is 1.72. The van der Waals surface area contributed by atoms with Gasteiger partial charge in [0.1, 0.15) is 17.2 Å². The zero-order chi connectivity index (χ0) is 9.42. The van der Waals surface area contributed by atoms with E-state index in [4.69, 9.17) is 0 Å². The number of aryl methyl sites for hydroxylation is 1. The third-order valence-corrected chi connectivity index (χ3v) is 1.91. The molecule has 0 aromatic carbocycles. The average Bonchev–Trinajstić information content (AvgIpc) is 2.40. The molecule has 0 amide bonds. The van der Waals surface area contributed by atoms with Crippen LogP contribution < -0.4 is 0 Å². The normalized spacial score (nSPS) is 10.6. The Bertz CT molecular complexity index is 476. The van der Waals surface area contributed by atoms with E-state index >= 15 is 0 Å². The SMILES string of the molecule is Cc1nc2ccc(F)cn2c1C=O. The van der Waals surface area contributed by atoms with Gasteiger partial charge in [-0.3, -0.25) is 9.20 Å². The van der Waals surface area contributed by atoms with Crippen LogP contribution in [0.3, 0.4) is 0 Å². The van der Waals surface area contributed by atoms with Gasteiger partial charge in [-0.05, 0) is 19.1 Å². The van der Waals surface area contributed by atoms with E-state index in [0.29, 0.717) is 23.3 Å². The quantitative estimate of drug-likeness (QED) is 0.621. The molecule has 0 aliphatic rings. The van der Waals surface area contributed by atoms with Crippen molar-refractivity contribution in [3.8, 4) is 0 Å². The highest BCUT2D eigenvalue weighted by atomic mass is 19.1. The average molecular weight is 178 g/mol. The van der Waals surface area contributed by atoms with Gasteiger partial charge in [0.2, 0.25) is 0 Å². The Kier molecular flexibility index (Phi) is 1.62. The highest BCUT2D eigenvalue weighted by Crippen LogP contribution is 2.10. The maximum atomic E-state index is 12.8. The number of halogens is 1. The summed E-state index contributed by atoms with van der Waals surface area (Å²) in [4.78, 5) is 14.7. The number of rotatable bonds is 1. The van der Waals surface area contributed by atoms with E-state index in [-0.39, 0.29) is 5.82 Å². The van der Waals surface area contributed by atoms with E-state index in [2.05, 4.69) is 4.98 Å². The summed E-state index contributed by atoms with van der Waals surface area (Å²) in [6.07, 6.45) is 1.92. The molecule has 0 atom stereocenters. The smallest absolute Gasteiger partial charge is 0.168 e. The van der Waals surface area contributed by atoms with Gasteiger partial charge in [-0.15, -0.1) is 0 Å². The first-order valence-corrected chi connectivity index (χ1v) is 3.82. The molecule has 0 fully saturated rings. The van der Waals surface area contributed by atoms with Gasteiger partial charge in [-0.2, -0.15) is 0 Å². The molecule has 0 spiro atoms. The summed E-state index contributed by atoms with van der Waals surface area (Å²) in [5, 5.41) is 0. The lowest BCUT2D eigenvalue weighted by molar-refractivity contribution is 0.111. The van der Waals surface area contributed by atoms with Crippen LogP contribution in [-0.4, -0.2) is 15.7 Å². The summed E-state index contributed by atoms with van der Waals surface area (Å²) >= 11 is 0. The van der Waals surface area contributed by atoms with Crippen LogP contribution in [-0.2, 0) is 0 Å². The van der Waals surface area contributed by atoms with Crippen molar-refractivity contribution in [3.63, 3.8) is 0 Å². The maximum Gasteiger partial charge on any atom is 0.168 e. The van der Waals surface area contributed by atoms with Gasteiger partial charge in [0, 0.05) is 6.20 Å². The minimum absolute atomic E-state index is 0.381. The predicted molar refractivity (Wildman–Crippen MR) is 45.3 cm³/mol. The van der Waals surface area contributed by atoms with E-state index < -0.39 is 0 Å². The molecule has 2 aromatic heterocycles. The summed E-state index contributed by atoms with van der Waals surface area (Å²) < 4.78 is 14.2. The molecule has 0 unspecified atom stereocenters. The summed E-state index contributed by atoms with van der Waals surface area (Å²) in [5.41, 5.74) is 1.59. The largest absolute Gasteiger partial charge is 0.296 e. The van der Waals surface area contributed by atoms with Gasteiger partial charge in [0.15, 0.2) is 6.29 Å². The fourth-order valence-electron chi connectivity index (χ4n) is 1.30. The van der Waals surface area contributed by atoms with Gasteiger partial charge in [-0.1, -0.05) is 0 Å². The van der Waals surface area contributed by atoms with Crippen molar-refractivity contribution >= 4 is 11.9 Å². The number of hydrogen-bond acceptors (Lipinski definition) is 2. The maximum absolute atomic E-state index is 12.8. The van der Waals surface area contributed by atoms with Crippen molar-refractivity contribution in [2.75, 3.05) is 0 Å². The number of nitrogens with zero attached hydrogens (tertiary/aromatic N) is 2. The lowest BCUT2D eigenvalue weighted by Gasteiger charge is -1.94. The third-order valence-electron chi connectivity index (χ3n) is 1.91. The van der Waals surface area contributed by atoms with Crippen LogP contribution in [0.2, 0.25) is 0 Å². The van der Waals surface area contributed by atoms with Crippen molar-refractivity contribution in [2.45, 2.75) is 6.92 Å². The van der Waals surface area contributed by atoms with Gasteiger partial charge in [-0.25, -0.2) is 9.37 Å². The highest BCUT2D eigenvalue weighted by molar-refractivity contribution is 5.76. The van der Waals surface area contributed by atoms with Gasteiger partial charge < -0.3 is 0 Å². The predicted octanol–water partition coefficient (Wildman–Crippen LogP) is 1.59. The number of imidazole rings is 1. The molecule has 66 valence electrons. The third kappa shape index (κ3) is 1.11. The zero-order valence-electron chi connectivity index (χ0n) is 6.99. The molecular weight excluding hydrogens is 171 g/mol. The Balaban J connectivity index is 2.88. The van der Waals surface area contributed by atoms with Crippen molar-refractivity contribution in [1.29, 1.82) is 0 Å². The Morgan fingerprint density at radius 2 is 2.31 bits per heavy atom. The molecule has 0 radical (unpaired) electrons. The number of carbonyl (C=O) groups excluding carboxylic acids is 1. The molecular formula is C9H7FN2O. The molecule has 2 rings (SSSR count). The molecule has 0 N–H and O–H groups in total. The number of pyridine rings is 1. The lowest BCUT2D eigenvalue weighted by Crippen LogP contribution is -1.92. The van der Waals surface area contributed by atoms with Gasteiger partial charge in [0.25, 0.3) is 0 Å².